The van der Waals surface area contributed by atoms with Gasteiger partial charge >= 0.3 is 0 Å². The molecule has 0 bridgehead atoms. The van der Waals surface area contributed by atoms with Crippen LogP contribution in [0, 0.1) is 0 Å². The maximum Gasteiger partial charge on any atom is 0.253 e. The van der Waals surface area contributed by atoms with E-state index in [4.69, 9.17) is 4.74 Å². The molecule has 0 radical (unpaired) electrons. The van der Waals surface area contributed by atoms with Gasteiger partial charge in [-0.2, -0.15) is 0 Å². The molecule has 3 heterocycles. The molecule has 0 saturated heterocycles. The molecule has 7 heteroatoms. The second-order valence-corrected chi connectivity index (χ2v) is 7.46. The fourth-order valence-corrected chi connectivity index (χ4v) is 3.87. The summed E-state index contributed by atoms with van der Waals surface area (Å²) >= 11 is 0. The number of carbonyl (C=O) groups excluding carboxylic acids is 2. The van der Waals surface area contributed by atoms with Crippen molar-refractivity contribution in [2.75, 3.05) is 13.7 Å². The summed E-state index contributed by atoms with van der Waals surface area (Å²) in [6, 6.07) is 18.0. The molecular weight excluding hydrogens is 404 g/mol. The maximum absolute atomic E-state index is 13.1. The van der Waals surface area contributed by atoms with Gasteiger partial charge in [0.25, 0.3) is 5.91 Å². The van der Waals surface area contributed by atoms with Crippen LogP contribution < -0.4 is 10.1 Å². The summed E-state index contributed by atoms with van der Waals surface area (Å²) in [7, 11) is 1.55. The van der Waals surface area contributed by atoms with E-state index in [1.807, 2.05) is 30.3 Å². The number of nitrogens with zero attached hydrogens (tertiary/aromatic N) is 2. The standard InChI is InChI=1S/C25H20N4O3/c1-32-22-8-3-2-7-17(22)23(30)15-5-4-6-16(13-15)24-26-11-10-20(29-24)21-14-18-19(28-21)9-12-27-25(18)31/h2-8,10-11,13-14,28H,9,12H2,1H3,(H,27,31). The van der Waals surface area contributed by atoms with Crippen LogP contribution in [0.4, 0.5) is 0 Å². The Hall–Kier alpha value is -4.26. The van der Waals surface area contributed by atoms with Crippen LogP contribution in [0.1, 0.15) is 32.0 Å². The smallest absolute Gasteiger partial charge is 0.253 e. The summed E-state index contributed by atoms with van der Waals surface area (Å²) < 4.78 is 5.33. The minimum Gasteiger partial charge on any atom is -0.496 e. The van der Waals surface area contributed by atoms with E-state index >= 15 is 0 Å². The molecule has 2 aromatic heterocycles. The first-order valence-corrected chi connectivity index (χ1v) is 10.3. The van der Waals surface area contributed by atoms with Crippen molar-refractivity contribution in [2.24, 2.45) is 0 Å². The molecule has 0 atom stereocenters. The van der Waals surface area contributed by atoms with Crippen molar-refractivity contribution < 1.29 is 14.3 Å². The molecule has 1 aliphatic heterocycles. The van der Waals surface area contributed by atoms with E-state index in [9.17, 15) is 9.59 Å². The Kier molecular flexibility index (Phi) is 4.99. The number of H-pyrrole nitrogens is 1. The minimum atomic E-state index is -0.136. The number of ketones is 1. The Morgan fingerprint density at radius 3 is 2.78 bits per heavy atom. The summed E-state index contributed by atoms with van der Waals surface area (Å²) in [4.78, 5) is 37.5. The van der Waals surface area contributed by atoms with Crippen LogP contribution in [0.3, 0.4) is 0 Å². The molecule has 7 nitrogen and oxygen atoms in total. The lowest BCUT2D eigenvalue weighted by atomic mass is 10.0. The summed E-state index contributed by atoms with van der Waals surface area (Å²) in [5.74, 6) is 0.809. The molecule has 2 aromatic carbocycles. The number of carbonyl (C=O) groups is 2. The van der Waals surface area contributed by atoms with Gasteiger partial charge in [0.2, 0.25) is 0 Å². The zero-order valence-electron chi connectivity index (χ0n) is 17.4. The quantitative estimate of drug-likeness (QED) is 0.477. The number of hydrogen-bond donors (Lipinski definition) is 2. The minimum absolute atomic E-state index is 0.0782. The van der Waals surface area contributed by atoms with Crippen LogP contribution in [0.5, 0.6) is 5.75 Å². The second-order valence-electron chi connectivity index (χ2n) is 7.46. The van der Waals surface area contributed by atoms with Crippen molar-refractivity contribution in [3.05, 3.63) is 89.2 Å². The number of ether oxygens (including phenoxy) is 1. The van der Waals surface area contributed by atoms with Gasteiger partial charge in [-0.25, -0.2) is 9.97 Å². The van der Waals surface area contributed by atoms with Crippen molar-refractivity contribution in [1.82, 2.24) is 20.3 Å². The first-order valence-electron chi connectivity index (χ1n) is 10.3. The third kappa shape index (κ3) is 3.54. The fourth-order valence-electron chi connectivity index (χ4n) is 3.87. The van der Waals surface area contributed by atoms with Crippen molar-refractivity contribution in [3.8, 4) is 28.5 Å². The highest BCUT2D eigenvalue weighted by molar-refractivity contribution is 6.11. The number of hydrogen-bond acceptors (Lipinski definition) is 5. The number of fused-ring (bicyclic) bond motifs is 1. The molecule has 1 amide bonds. The van der Waals surface area contributed by atoms with Crippen LogP contribution in [0.25, 0.3) is 22.8 Å². The van der Waals surface area contributed by atoms with Crippen LogP contribution in [-0.2, 0) is 6.42 Å². The molecule has 0 unspecified atom stereocenters. The number of para-hydroxylation sites is 1. The van der Waals surface area contributed by atoms with E-state index in [1.54, 1.807) is 43.6 Å². The first kappa shape index (κ1) is 19.7. The summed E-state index contributed by atoms with van der Waals surface area (Å²) in [6.45, 7) is 0.619. The Morgan fingerprint density at radius 2 is 1.94 bits per heavy atom. The van der Waals surface area contributed by atoms with E-state index < -0.39 is 0 Å². The monoisotopic (exact) mass is 424 g/mol. The molecule has 0 aliphatic carbocycles. The third-order valence-electron chi connectivity index (χ3n) is 5.47. The van der Waals surface area contributed by atoms with Crippen molar-refractivity contribution in [3.63, 3.8) is 0 Å². The number of rotatable bonds is 5. The Labute approximate surface area is 184 Å². The topological polar surface area (TPSA) is 97.0 Å². The molecule has 2 N–H and O–H groups in total. The molecule has 0 spiro atoms. The van der Waals surface area contributed by atoms with E-state index in [-0.39, 0.29) is 11.7 Å². The van der Waals surface area contributed by atoms with Crippen molar-refractivity contribution >= 4 is 11.7 Å². The van der Waals surface area contributed by atoms with Crippen LogP contribution in [0.2, 0.25) is 0 Å². The highest BCUT2D eigenvalue weighted by Crippen LogP contribution is 2.26. The highest BCUT2D eigenvalue weighted by Gasteiger charge is 2.21. The van der Waals surface area contributed by atoms with Crippen molar-refractivity contribution in [1.29, 1.82) is 0 Å². The van der Waals surface area contributed by atoms with E-state index in [0.717, 1.165) is 23.4 Å². The highest BCUT2D eigenvalue weighted by atomic mass is 16.5. The SMILES string of the molecule is COc1ccccc1C(=O)c1cccc(-c2nccc(-c3cc4c([nH]3)CCNC4=O)n2)c1. The molecule has 5 rings (SSSR count). The van der Waals surface area contributed by atoms with Gasteiger partial charge in [-0.15, -0.1) is 0 Å². The van der Waals surface area contributed by atoms with Gasteiger partial charge in [0.15, 0.2) is 11.6 Å². The summed E-state index contributed by atoms with van der Waals surface area (Å²) in [6.07, 6.45) is 2.43. The fraction of sp³-hybridized carbons (Fsp3) is 0.120. The number of benzene rings is 2. The summed E-state index contributed by atoms with van der Waals surface area (Å²) in [5.41, 5.74) is 4.74. The number of aromatic nitrogens is 3. The lowest BCUT2D eigenvalue weighted by Gasteiger charge is -2.10. The predicted molar refractivity (Wildman–Crippen MR) is 120 cm³/mol. The second kappa shape index (κ2) is 8.11. The number of amides is 1. The van der Waals surface area contributed by atoms with E-state index in [0.29, 0.717) is 40.5 Å². The normalized spacial score (nSPS) is 12.7. The van der Waals surface area contributed by atoms with Crippen LogP contribution in [-0.4, -0.2) is 40.3 Å². The Morgan fingerprint density at radius 1 is 1.06 bits per heavy atom. The molecular formula is C25H20N4O3. The largest absolute Gasteiger partial charge is 0.496 e. The molecule has 0 fully saturated rings. The van der Waals surface area contributed by atoms with Gasteiger partial charge in [-0.1, -0.05) is 30.3 Å². The first-order chi connectivity index (χ1) is 15.6. The van der Waals surface area contributed by atoms with Crippen LogP contribution in [0.15, 0.2) is 66.9 Å². The zero-order chi connectivity index (χ0) is 22.1. The van der Waals surface area contributed by atoms with Gasteiger partial charge in [0.1, 0.15) is 5.75 Å². The van der Waals surface area contributed by atoms with E-state index in [1.165, 1.54) is 0 Å². The average Bonchev–Trinajstić information content (AvgIpc) is 3.30. The lowest BCUT2D eigenvalue weighted by Crippen LogP contribution is -2.31. The number of aromatic amines is 1. The van der Waals surface area contributed by atoms with Crippen LogP contribution >= 0.6 is 0 Å². The average molecular weight is 424 g/mol. The van der Waals surface area contributed by atoms with Gasteiger partial charge in [0.05, 0.1) is 29.6 Å². The predicted octanol–water partition coefficient (Wildman–Crippen LogP) is 3.66. The molecule has 158 valence electrons. The Bertz CT molecular complexity index is 1340. The van der Waals surface area contributed by atoms with E-state index in [2.05, 4.69) is 20.3 Å². The molecule has 32 heavy (non-hydrogen) atoms. The lowest BCUT2D eigenvalue weighted by molar-refractivity contribution is 0.0945. The maximum atomic E-state index is 13.1. The number of nitrogens with one attached hydrogen (secondary N) is 2. The van der Waals surface area contributed by atoms with Crippen molar-refractivity contribution in [2.45, 2.75) is 6.42 Å². The molecule has 4 aromatic rings. The van der Waals surface area contributed by atoms with Gasteiger partial charge in [-0.3, -0.25) is 9.59 Å². The molecule has 0 saturated carbocycles. The third-order valence-corrected chi connectivity index (χ3v) is 5.47. The zero-order valence-corrected chi connectivity index (χ0v) is 17.4. The summed E-state index contributed by atoms with van der Waals surface area (Å²) in [5, 5.41) is 2.85. The van der Waals surface area contributed by atoms with Gasteiger partial charge in [0, 0.05) is 36.0 Å². The van der Waals surface area contributed by atoms with Gasteiger partial charge < -0.3 is 15.0 Å². The Balaban J connectivity index is 1.49. The number of methoxy groups -OCH3 is 1. The van der Waals surface area contributed by atoms with Gasteiger partial charge in [-0.05, 0) is 30.3 Å². The molecule has 1 aliphatic rings.